The zero-order valence-corrected chi connectivity index (χ0v) is 35.2. The van der Waals surface area contributed by atoms with Gasteiger partial charge in [0.25, 0.3) is 20.2 Å². The zero-order chi connectivity index (χ0) is 39.7. The third-order valence-electron chi connectivity index (χ3n) is 10.3. The van der Waals surface area contributed by atoms with Crippen molar-refractivity contribution in [3.05, 3.63) is 108 Å². The van der Waals surface area contributed by atoms with E-state index in [-0.39, 0.29) is 52.4 Å². The van der Waals surface area contributed by atoms with Gasteiger partial charge in [-0.1, -0.05) is 134 Å². The molecule has 3 aromatic carbocycles. The van der Waals surface area contributed by atoms with Crippen LogP contribution in [-0.2, 0) is 48.7 Å². The van der Waals surface area contributed by atoms with Crippen LogP contribution in [0.5, 0.6) is 0 Å². The van der Waals surface area contributed by atoms with Crippen LogP contribution in [0.25, 0.3) is 0 Å². The van der Waals surface area contributed by atoms with E-state index in [0.717, 1.165) is 0 Å². The molecule has 3 aromatic rings. The molecule has 0 aromatic heterocycles. The largest absolute Gasteiger partial charge is 0.380 e. The Morgan fingerprint density at radius 3 is 1.47 bits per heavy atom. The number of hydrogen-bond donors (Lipinski definition) is 0. The van der Waals surface area contributed by atoms with Gasteiger partial charge in [0.2, 0.25) is 0 Å². The van der Waals surface area contributed by atoms with Crippen LogP contribution in [-0.4, -0.2) is 35.9 Å². The molecule has 0 aliphatic heterocycles. The lowest BCUT2D eigenvalue weighted by atomic mass is 9.46. The van der Waals surface area contributed by atoms with Gasteiger partial charge < -0.3 is 4.18 Å². The lowest BCUT2D eigenvalue weighted by Gasteiger charge is -2.65. The van der Waals surface area contributed by atoms with Crippen molar-refractivity contribution < 1.29 is 37.8 Å². The Bertz CT molecular complexity index is 2090. The summed E-state index contributed by atoms with van der Waals surface area (Å²) in [4.78, 5) is -0.359. The number of halogens is 1. The van der Waals surface area contributed by atoms with E-state index in [1.807, 2.05) is 41.5 Å². The molecule has 53 heavy (non-hydrogen) atoms. The Kier molecular flexibility index (Phi) is 12.8. The summed E-state index contributed by atoms with van der Waals surface area (Å²) in [6.07, 6.45) is 0.395. The molecule has 0 radical (unpaired) electrons. The third kappa shape index (κ3) is 8.73. The summed E-state index contributed by atoms with van der Waals surface area (Å²) >= 11 is 7.90. The van der Waals surface area contributed by atoms with E-state index >= 15 is 0 Å². The molecule has 0 bridgehead atoms. The van der Waals surface area contributed by atoms with Gasteiger partial charge in [0.15, 0.2) is 10.8 Å². The second-order valence-electron chi connectivity index (χ2n) is 15.9. The fourth-order valence-corrected chi connectivity index (χ4v) is 12.3. The molecule has 292 valence electrons. The molecule has 0 amide bonds. The molecule has 0 saturated heterocycles. The fourth-order valence-electron chi connectivity index (χ4n) is 7.92. The zero-order valence-electron chi connectivity index (χ0n) is 32.0. The molecule has 1 aliphatic carbocycles. The lowest BCUT2D eigenvalue weighted by Crippen LogP contribution is -2.69. The van der Waals surface area contributed by atoms with Crippen LogP contribution in [0.2, 0.25) is 0 Å². The molecular weight excluding hydrogens is 756 g/mol. The smallest absolute Gasteiger partial charge is 0.339 e. The maximum absolute atomic E-state index is 14.4. The van der Waals surface area contributed by atoms with Crippen molar-refractivity contribution in [2.75, 3.05) is 0 Å². The molecule has 1 aliphatic rings. The highest BCUT2D eigenvalue weighted by Crippen LogP contribution is 2.71. The van der Waals surface area contributed by atoms with Gasteiger partial charge in [-0.05, 0) is 73.8 Å². The summed E-state index contributed by atoms with van der Waals surface area (Å²) in [5, 5.41) is -2.28. The van der Waals surface area contributed by atoms with Crippen molar-refractivity contribution in [3.63, 3.8) is 0 Å². The Morgan fingerprint density at radius 1 is 0.585 bits per heavy atom. The minimum Gasteiger partial charge on any atom is -0.380 e. The van der Waals surface area contributed by atoms with E-state index in [2.05, 4.69) is 0 Å². The predicted molar refractivity (Wildman–Crippen MR) is 208 cm³/mol. The van der Waals surface area contributed by atoms with Crippen LogP contribution in [0.15, 0.2) is 112 Å². The highest BCUT2D eigenvalue weighted by Gasteiger charge is 2.74. The summed E-state index contributed by atoms with van der Waals surface area (Å²) in [7, 11) is -13.8. The van der Waals surface area contributed by atoms with E-state index in [1.54, 1.807) is 68.4 Å². The first-order valence-corrected chi connectivity index (χ1v) is 22.6. The van der Waals surface area contributed by atoms with E-state index in [0.29, 0.717) is 5.56 Å². The molecule has 0 heterocycles. The van der Waals surface area contributed by atoms with Gasteiger partial charge >= 0.3 is 10.1 Å². The van der Waals surface area contributed by atoms with Crippen LogP contribution >= 0.6 is 11.6 Å². The van der Waals surface area contributed by atoms with Gasteiger partial charge in [-0.2, -0.15) is 25.3 Å². The summed E-state index contributed by atoms with van der Waals surface area (Å²) in [5.41, 5.74) is -4.59. The standard InChI is InChI=1S/C40H53ClO9S3/c1-29(2)25-35-36(48-52(44,45)33-21-15-11-16-22-33)39(9,49-53(46,47)34-23-17-12-18-24-34)37(7,26-30(3)4)38(8,27-31(5)6)40(35,41)50-51(42,43)28-32-19-13-10-14-20-32/h10-24,29-31H,25-28H2,1-9H3. The molecule has 0 fully saturated rings. The highest BCUT2D eigenvalue weighted by molar-refractivity contribution is 7.87. The Labute approximate surface area is 322 Å². The van der Waals surface area contributed by atoms with Crippen LogP contribution in [0.3, 0.4) is 0 Å². The van der Waals surface area contributed by atoms with Crippen LogP contribution in [0, 0.1) is 28.6 Å². The van der Waals surface area contributed by atoms with Crippen LogP contribution < -0.4 is 0 Å². The molecule has 4 atom stereocenters. The second-order valence-corrected chi connectivity index (χ2v) is 21.1. The van der Waals surface area contributed by atoms with E-state index in [1.165, 1.54) is 43.3 Å². The van der Waals surface area contributed by atoms with Crippen LogP contribution in [0.1, 0.15) is 87.1 Å². The Balaban J connectivity index is 2.22. The minimum absolute atomic E-state index is 0.0274. The van der Waals surface area contributed by atoms with Gasteiger partial charge in [-0.15, -0.1) is 0 Å². The fraction of sp³-hybridized carbons (Fsp3) is 0.500. The average Bonchev–Trinajstić information content (AvgIpc) is 3.05. The summed E-state index contributed by atoms with van der Waals surface area (Å²) in [5.74, 6) is -1.51. The molecule has 4 unspecified atom stereocenters. The average molecular weight is 810 g/mol. The molecule has 13 heteroatoms. The summed E-state index contributed by atoms with van der Waals surface area (Å²) in [6, 6.07) is 23.5. The van der Waals surface area contributed by atoms with E-state index < -0.39 is 63.4 Å². The Hall–Kier alpha value is -2.74. The van der Waals surface area contributed by atoms with Gasteiger partial charge in [-0.25, -0.2) is 4.18 Å². The first-order chi connectivity index (χ1) is 24.4. The Morgan fingerprint density at radius 2 is 1.02 bits per heavy atom. The van der Waals surface area contributed by atoms with Crippen molar-refractivity contribution in [2.24, 2.45) is 28.6 Å². The molecule has 4 rings (SSSR count). The first kappa shape index (κ1) is 43.0. The number of alkyl halides is 1. The van der Waals surface area contributed by atoms with E-state index in [4.69, 9.17) is 24.2 Å². The van der Waals surface area contributed by atoms with E-state index in [9.17, 15) is 25.3 Å². The first-order valence-electron chi connectivity index (χ1n) is 17.8. The second kappa shape index (κ2) is 15.8. The molecule has 0 spiro atoms. The molecular formula is C40H53ClO9S3. The van der Waals surface area contributed by atoms with Gasteiger partial charge in [0.1, 0.15) is 16.2 Å². The van der Waals surface area contributed by atoms with Gasteiger partial charge in [-0.3, -0.25) is 4.18 Å². The maximum Gasteiger partial charge on any atom is 0.339 e. The van der Waals surface area contributed by atoms with Crippen molar-refractivity contribution in [3.8, 4) is 0 Å². The van der Waals surface area contributed by atoms with Crippen molar-refractivity contribution in [1.29, 1.82) is 0 Å². The predicted octanol–water partition coefficient (Wildman–Crippen LogP) is 9.46. The number of hydrogen-bond acceptors (Lipinski definition) is 9. The summed E-state index contributed by atoms with van der Waals surface area (Å²) in [6.45, 7) is 16.6. The van der Waals surface area contributed by atoms with Gasteiger partial charge in [0, 0.05) is 16.4 Å². The quantitative estimate of drug-likeness (QED) is 0.103. The van der Waals surface area contributed by atoms with Crippen molar-refractivity contribution in [2.45, 2.75) is 108 Å². The monoisotopic (exact) mass is 808 g/mol. The molecule has 9 nitrogen and oxygen atoms in total. The minimum atomic E-state index is -4.70. The topological polar surface area (TPSA) is 130 Å². The van der Waals surface area contributed by atoms with Crippen molar-refractivity contribution in [1.82, 2.24) is 0 Å². The maximum atomic E-state index is 14.4. The normalized spacial score (nSPS) is 25.7. The van der Waals surface area contributed by atoms with Crippen molar-refractivity contribution >= 4 is 42.0 Å². The van der Waals surface area contributed by atoms with Crippen LogP contribution in [0.4, 0.5) is 0 Å². The lowest BCUT2D eigenvalue weighted by molar-refractivity contribution is -0.181. The molecule has 0 N–H and O–H groups in total. The highest BCUT2D eigenvalue weighted by atomic mass is 35.5. The SMILES string of the molecule is CC(C)CC1=C(OS(=O)(=O)c2ccccc2)C(C)(OS(=O)(=O)c2ccccc2)C(C)(CC(C)C)C(C)(CC(C)C)C1(Cl)OS(=O)(=O)Cc1ccccc1. The van der Waals surface area contributed by atoms with Gasteiger partial charge in [0.05, 0.1) is 4.90 Å². The third-order valence-corrected chi connectivity index (χ3v) is 14.9. The molecule has 0 saturated carbocycles. The number of benzene rings is 3. The summed E-state index contributed by atoms with van der Waals surface area (Å²) < 4.78 is 105. The number of rotatable bonds is 16.